The SMILES string of the molecule is CC[C@H]1C[C@@H](N(C)c2ncncn2)C[C@@H]1O. The number of rotatable bonds is 3. The van der Waals surface area contributed by atoms with E-state index in [-0.39, 0.29) is 6.10 Å². The third-order valence-corrected chi connectivity index (χ3v) is 3.50. The monoisotopic (exact) mass is 222 g/mol. The van der Waals surface area contributed by atoms with Gasteiger partial charge in [0.25, 0.3) is 0 Å². The van der Waals surface area contributed by atoms with E-state index in [2.05, 4.69) is 21.9 Å². The maximum atomic E-state index is 9.88. The van der Waals surface area contributed by atoms with E-state index in [1.807, 2.05) is 11.9 Å². The molecule has 0 aliphatic heterocycles. The summed E-state index contributed by atoms with van der Waals surface area (Å²) in [5.41, 5.74) is 0. The van der Waals surface area contributed by atoms with Crippen LogP contribution < -0.4 is 4.90 Å². The van der Waals surface area contributed by atoms with E-state index in [1.165, 1.54) is 12.7 Å². The Bertz CT molecular complexity index is 332. The smallest absolute Gasteiger partial charge is 0.228 e. The lowest BCUT2D eigenvalue weighted by atomic mass is 10.0. The molecule has 1 aromatic heterocycles. The zero-order valence-corrected chi connectivity index (χ0v) is 9.74. The molecule has 5 nitrogen and oxygen atoms in total. The summed E-state index contributed by atoms with van der Waals surface area (Å²) in [5.74, 6) is 1.10. The molecule has 0 aromatic carbocycles. The predicted molar refractivity (Wildman–Crippen MR) is 61.0 cm³/mol. The summed E-state index contributed by atoms with van der Waals surface area (Å²) in [4.78, 5) is 14.1. The van der Waals surface area contributed by atoms with Crippen LogP contribution in [0.4, 0.5) is 5.95 Å². The number of hydrogen-bond donors (Lipinski definition) is 1. The van der Waals surface area contributed by atoms with E-state index < -0.39 is 0 Å². The van der Waals surface area contributed by atoms with E-state index in [4.69, 9.17) is 0 Å². The van der Waals surface area contributed by atoms with Gasteiger partial charge in [-0.2, -0.15) is 0 Å². The van der Waals surface area contributed by atoms with Crippen molar-refractivity contribution in [1.29, 1.82) is 0 Å². The van der Waals surface area contributed by atoms with Gasteiger partial charge in [-0.25, -0.2) is 15.0 Å². The maximum Gasteiger partial charge on any atom is 0.228 e. The van der Waals surface area contributed by atoms with E-state index in [1.54, 1.807) is 0 Å². The molecule has 16 heavy (non-hydrogen) atoms. The van der Waals surface area contributed by atoms with Crippen LogP contribution in [-0.2, 0) is 0 Å². The summed E-state index contributed by atoms with van der Waals surface area (Å²) in [6.07, 6.45) is 5.67. The van der Waals surface area contributed by atoms with Crippen molar-refractivity contribution < 1.29 is 5.11 Å². The lowest BCUT2D eigenvalue weighted by Crippen LogP contribution is -2.31. The van der Waals surface area contributed by atoms with Gasteiger partial charge in [0.15, 0.2) is 0 Å². The molecule has 1 saturated carbocycles. The summed E-state index contributed by atoms with van der Waals surface area (Å²) in [6, 6.07) is 0.336. The van der Waals surface area contributed by atoms with Crippen LogP contribution in [0.5, 0.6) is 0 Å². The fraction of sp³-hybridized carbons (Fsp3) is 0.727. The lowest BCUT2D eigenvalue weighted by molar-refractivity contribution is 0.130. The molecule has 1 N–H and O–H groups in total. The van der Waals surface area contributed by atoms with Crippen LogP contribution in [0.25, 0.3) is 0 Å². The highest BCUT2D eigenvalue weighted by atomic mass is 16.3. The Labute approximate surface area is 95.6 Å². The molecule has 1 heterocycles. The van der Waals surface area contributed by atoms with E-state index in [0.29, 0.717) is 17.9 Å². The van der Waals surface area contributed by atoms with Gasteiger partial charge in [0, 0.05) is 13.1 Å². The fourth-order valence-corrected chi connectivity index (χ4v) is 2.41. The van der Waals surface area contributed by atoms with Crippen molar-refractivity contribution in [3.05, 3.63) is 12.7 Å². The Morgan fingerprint density at radius 3 is 2.62 bits per heavy atom. The lowest BCUT2D eigenvalue weighted by Gasteiger charge is -2.23. The third-order valence-electron chi connectivity index (χ3n) is 3.50. The molecule has 0 saturated heterocycles. The second-order valence-electron chi connectivity index (χ2n) is 4.41. The molecule has 88 valence electrons. The average molecular weight is 222 g/mol. The van der Waals surface area contributed by atoms with Crippen molar-refractivity contribution in [2.45, 2.75) is 38.3 Å². The van der Waals surface area contributed by atoms with Gasteiger partial charge in [0.1, 0.15) is 12.7 Å². The highest BCUT2D eigenvalue weighted by Gasteiger charge is 2.34. The van der Waals surface area contributed by atoms with Gasteiger partial charge in [0.2, 0.25) is 5.95 Å². The Morgan fingerprint density at radius 1 is 1.38 bits per heavy atom. The topological polar surface area (TPSA) is 62.1 Å². The summed E-state index contributed by atoms with van der Waals surface area (Å²) in [7, 11) is 1.98. The average Bonchev–Trinajstić information content (AvgIpc) is 2.71. The quantitative estimate of drug-likeness (QED) is 0.821. The number of aliphatic hydroxyl groups is 1. The normalized spacial score (nSPS) is 29.3. The summed E-state index contributed by atoms with van der Waals surface area (Å²) < 4.78 is 0. The van der Waals surface area contributed by atoms with Crippen molar-refractivity contribution in [1.82, 2.24) is 15.0 Å². The zero-order valence-electron chi connectivity index (χ0n) is 9.74. The van der Waals surface area contributed by atoms with E-state index in [9.17, 15) is 5.11 Å². The first-order valence-electron chi connectivity index (χ1n) is 5.75. The molecule has 1 aliphatic carbocycles. The van der Waals surface area contributed by atoms with Crippen LogP contribution in [0.15, 0.2) is 12.7 Å². The summed E-state index contributed by atoms with van der Waals surface area (Å²) in [5, 5.41) is 9.88. The van der Waals surface area contributed by atoms with Gasteiger partial charge in [-0.15, -0.1) is 0 Å². The highest BCUT2D eigenvalue weighted by molar-refractivity contribution is 5.28. The molecule has 1 aromatic rings. The second-order valence-corrected chi connectivity index (χ2v) is 4.41. The van der Waals surface area contributed by atoms with Gasteiger partial charge in [-0.1, -0.05) is 13.3 Å². The van der Waals surface area contributed by atoms with Crippen molar-refractivity contribution in [2.24, 2.45) is 5.92 Å². The van der Waals surface area contributed by atoms with Crippen LogP contribution in [0, 0.1) is 5.92 Å². The van der Waals surface area contributed by atoms with Crippen molar-refractivity contribution in [2.75, 3.05) is 11.9 Å². The molecule has 5 heteroatoms. The van der Waals surface area contributed by atoms with Crippen LogP contribution in [0.2, 0.25) is 0 Å². The number of nitrogens with zero attached hydrogens (tertiary/aromatic N) is 4. The van der Waals surface area contributed by atoms with Crippen LogP contribution in [-0.4, -0.2) is 39.3 Å². The third kappa shape index (κ3) is 2.14. The largest absolute Gasteiger partial charge is 0.393 e. The molecule has 3 atom stereocenters. The molecule has 0 radical (unpaired) electrons. The Hall–Kier alpha value is -1.23. The minimum Gasteiger partial charge on any atom is -0.393 e. The molecule has 2 rings (SSSR count). The molecule has 0 spiro atoms. The first kappa shape index (κ1) is 11.3. The minimum atomic E-state index is -0.181. The van der Waals surface area contributed by atoms with Gasteiger partial charge in [-0.3, -0.25) is 0 Å². The van der Waals surface area contributed by atoms with E-state index >= 15 is 0 Å². The first-order chi connectivity index (χ1) is 7.72. The van der Waals surface area contributed by atoms with Crippen molar-refractivity contribution in [3.63, 3.8) is 0 Å². The Morgan fingerprint density at radius 2 is 2.06 bits per heavy atom. The van der Waals surface area contributed by atoms with Crippen LogP contribution in [0.3, 0.4) is 0 Å². The van der Waals surface area contributed by atoms with Gasteiger partial charge in [-0.05, 0) is 18.8 Å². The fourth-order valence-electron chi connectivity index (χ4n) is 2.41. The molecule has 0 bridgehead atoms. The number of hydrogen-bond acceptors (Lipinski definition) is 5. The number of anilines is 1. The predicted octanol–water partition coefficient (Wildman–Crippen LogP) is 0.857. The summed E-state index contributed by atoms with van der Waals surface area (Å²) in [6.45, 7) is 2.12. The van der Waals surface area contributed by atoms with Gasteiger partial charge >= 0.3 is 0 Å². The zero-order chi connectivity index (χ0) is 11.5. The van der Waals surface area contributed by atoms with E-state index in [0.717, 1.165) is 19.3 Å². The molecule has 1 fully saturated rings. The van der Waals surface area contributed by atoms with Crippen LogP contribution >= 0.6 is 0 Å². The molecule has 0 unspecified atom stereocenters. The van der Waals surface area contributed by atoms with Gasteiger partial charge in [0.05, 0.1) is 6.10 Å². The molecule has 0 amide bonds. The number of aliphatic hydroxyl groups excluding tert-OH is 1. The first-order valence-corrected chi connectivity index (χ1v) is 5.75. The van der Waals surface area contributed by atoms with Crippen molar-refractivity contribution in [3.8, 4) is 0 Å². The second kappa shape index (κ2) is 4.74. The molecule has 1 aliphatic rings. The Balaban J connectivity index is 2.04. The molecular formula is C11H18N4O. The molecular weight excluding hydrogens is 204 g/mol. The standard InChI is InChI=1S/C11H18N4O/c1-3-8-4-9(5-10(8)16)15(2)11-13-6-12-7-14-11/h6-10,16H,3-5H2,1-2H3/t8-,9+,10-/m0/s1. The van der Waals surface area contributed by atoms with Crippen LogP contribution in [0.1, 0.15) is 26.2 Å². The van der Waals surface area contributed by atoms with Crippen molar-refractivity contribution >= 4 is 5.95 Å². The minimum absolute atomic E-state index is 0.181. The Kier molecular flexibility index (Phi) is 3.33. The maximum absolute atomic E-state index is 9.88. The van der Waals surface area contributed by atoms with Gasteiger partial charge < -0.3 is 10.0 Å². The highest BCUT2D eigenvalue weighted by Crippen LogP contribution is 2.32. The summed E-state index contributed by atoms with van der Waals surface area (Å²) >= 11 is 0. The number of aromatic nitrogens is 3.